The van der Waals surface area contributed by atoms with Crippen molar-refractivity contribution >= 4 is 43.4 Å². The average Bonchev–Trinajstić information content (AvgIpc) is 3.66. The molecule has 0 aliphatic carbocycles. The van der Waals surface area contributed by atoms with Crippen LogP contribution in [0.4, 0.5) is 0 Å². The van der Waals surface area contributed by atoms with Gasteiger partial charge in [0.2, 0.25) is 0 Å². The number of hydrogen-bond acceptors (Lipinski definition) is 4. The normalized spacial score (nSPS) is 11.5. The third-order valence-electron chi connectivity index (χ3n) is 9.55. The second kappa shape index (κ2) is 14.3. The smallest absolute Gasteiger partial charge is 0.121 e. The minimum absolute atomic E-state index is 0. The summed E-state index contributed by atoms with van der Waals surface area (Å²) >= 11 is 1.82. The Morgan fingerprint density at radius 2 is 1.45 bits per heavy atom. The summed E-state index contributed by atoms with van der Waals surface area (Å²) in [5.41, 5.74) is 15.6. The molecule has 51 heavy (non-hydrogen) atoms. The van der Waals surface area contributed by atoms with Crippen molar-refractivity contribution in [3.8, 4) is 33.6 Å². The summed E-state index contributed by atoms with van der Waals surface area (Å²) in [6.07, 6.45) is 3.96. The first-order chi connectivity index (χ1) is 23.9. The number of rotatable bonds is 3. The molecule has 0 aliphatic heterocycles. The van der Waals surface area contributed by atoms with Crippen LogP contribution in [0.15, 0.2) is 95.7 Å². The van der Waals surface area contributed by atoms with E-state index in [0.717, 1.165) is 39.1 Å². The predicted octanol–water partition coefficient (Wildman–Crippen LogP) is 13.0. The van der Waals surface area contributed by atoms with Crippen LogP contribution in [0.5, 0.6) is 0 Å². The SMILES string of the molecule is Cc1c[c-]c(-c2cc(C)c(C)cn2)cc1.Cc1cc2c(ccc3oc4c(-c5cc(C(C)(C)C)c(-c6c(C)cccc6C)cn5)[c-]ccc4c32)s1.[Ir]. The van der Waals surface area contributed by atoms with Crippen molar-refractivity contribution in [2.45, 2.75) is 67.7 Å². The van der Waals surface area contributed by atoms with E-state index in [-0.39, 0.29) is 25.5 Å². The van der Waals surface area contributed by atoms with Gasteiger partial charge in [-0.15, -0.1) is 64.9 Å². The molecular formula is C46H42IrN2OS-2. The third kappa shape index (κ3) is 7.08. The van der Waals surface area contributed by atoms with Gasteiger partial charge in [-0.05, 0) is 97.4 Å². The molecule has 0 amide bonds. The van der Waals surface area contributed by atoms with E-state index >= 15 is 0 Å². The molecule has 4 aromatic heterocycles. The topological polar surface area (TPSA) is 38.9 Å². The third-order valence-corrected chi connectivity index (χ3v) is 10.6. The fourth-order valence-electron chi connectivity index (χ4n) is 6.75. The molecule has 0 N–H and O–H groups in total. The number of hydrogen-bond donors (Lipinski definition) is 0. The van der Waals surface area contributed by atoms with Crippen LogP contribution in [-0.2, 0) is 25.5 Å². The van der Waals surface area contributed by atoms with Crippen LogP contribution < -0.4 is 0 Å². The van der Waals surface area contributed by atoms with Crippen molar-refractivity contribution < 1.29 is 24.5 Å². The summed E-state index contributed by atoms with van der Waals surface area (Å²) in [5.74, 6) is 0. The Morgan fingerprint density at radius 1 is 0.706 bits per heavy atom. The molecule has 0 saturated heterocycles. The molecule has 4 heterocycles. The molecule has 0 fully saturated rings. The van der Waals surface area contributed by atoms with Crippen LogP contribution in [0.3, 0.4) is 0 Å². The summed E-state index contributed by atoms with van der Waals surface area (Å²) in [6, 6.07) is 34.3. The first-order valence-electron chi connectivity index (χ1n) is 17.1. The number of aryl methyl sites for hydroxylation is 6. The fraction of sp³-hybridized carbons (Fsp3) is 0.217. The summed E-state index contributed by atoms with van der Waals surface area (Å²) in [5, 5.41) is 3.56. The Morgan fingerprint density at radius 3 is 2.14 bits per heavy atom. The summed E-state index contributed by atoms with van der Waals surface area (Å²) in [4.78, 5) is 10.7. The molecule has 8 rings (SSSR count). The summed E-state index contributed by atoms with van der Waals surface area (Å²) < 4.78 is 7.76. The molecule has 0 unspecified atom stereocenters. The first kappa shape index (κ1) is 36.4. The number of pyridine rings is 2. The van der Waals surface area contributed by atoms with Gasteiger partial charge in [-0.3, -0.25) is 0 Å². The van der Waals surface area contributed by atoms with Gasteiger partial charge in [0.1, 0.15) is 5.58 Å². The van der Waals surface area contributed by atoms with E-state index in [2.05, 4.69) is 146 Å². The van der Waals surface area contributed by atoms with E-state index in [9.17, 15) is 0 Å². The Kier molecular flexibility index (Phi) is 10.2. The largest absolute Gasteiger partial charge is 0.501 e. The molecule has 5 heteroatoms. The van der Waals surface area contributed by atoms with Gasteiger partial charge in [0.05, 0.1) is 5.58 Å². The first-order valence-corrected chi connectivity index (χ1v) is 18.0. The number of aromatic nitrogens is 2. The Labute approximate surface area is 319 Å². The molecule has 0 atom stereocenters. The van der Waals surface area contributed by atoms with Crippen LogP contribution in [0.2, 0.25) is 0 Å². The predicted molar refractivity (Wildman–Crippen MR) is 212 cm³/mol. The van der Waals surface area contributed by atoms with Gasteiger partial charge in [-0.25, -0.2) is 0 Å². The molecule has 8 aromatic rings. The number of furan rings is 1. The van der Waals surface area contributed by atoms with E-state index in [1.165, 1.54) is 64.9 Å². The molecule has 0 bridgehead atoms. The van der Waals surface area contributed by atoms with Crippen molar-refractivity contribution in [2.24, 2.45) is 0 Å². The molecule has 3 nitrogen and oxygen atoms in total. The fourth-order valence-corrected chi connectivity index (χ4v) is 7.68. The van der Waals surface area contributed by atoms with Gasteiger partial charge in [0, 0.05) is 58.4 Å². The van der Waals surface area contributed by atoms with E-state index in [4.69, 9.17) is 9.40 Å². The molecule has 0 aliphatic rings. The molecule has 1 radical (unpaired) electrons. The number of thiophene rings is 1. The molecule has 259 valence electrons. The van der Waals surface area contributed by atoms with Crippen molar-refractivity contribution in [3.63, 3.8) is 0 Å². The van der Waals surface area contributed by atoms with Crippen LogP contribution >= 0.6 is 11.3 Å². The van der Waals surface area contributed by atoms with E-state index in [1.54, 1.807) is 0 Å². The minimum atomic E-state index is -0.0517. The Balaban J connectivity index is 0.000000236. The maximum Gasteiger partial charge on any atom is 0.121 e. The maximum absolute atomic E-state index is 6.47. The van der Waals surface area contributed by atoms with Gasteiger partial charge in [0.25, 0.3) is 0 Å². The van der Waals surface area contributed by atoms with Gasteiger partial charge in [-0.1, -0.05) is 74.5 Å². The second-order valence-electron chi connectivity index (χ2n) is 14.5. The number of benzene rings is 4. The van der Waals surface area contributed by atoms with Crippen molar-refractivity contribution in [1.29, 1.82) is 0 Å². The quantitative estimate of drug-likeness (QED) is 0.166. The van der Waals surface area contributed by atoms with Crippen LogP contribution in [0.25, 0.3) is 65.7 Å². The maximum atomic E-state index is 6.47. The van der Waals surface area contributed by atoms with E-state index in [0.29, 0.717) is 0 Å². The van der Waals surface area contributed by atoms with Crippen LogP contribution in [-0.4, -0.2) is 9.97 Å². The summed E-state index contributed by atoms with van der Waals surface area (Å²) in [7, 11) is 0. The zero-order chi connectivity index (χ0) is 35.3. The van der Waals surface area contributed by atoms with Crippen LogP contribution in [0, 0.1) is 53.7 Å². The summed E-state index contributed by atoms with van der Waals surface area (Å²) in [6.45, 7) is 19.6. The van der Waals surface area contributed by atoms with E-state index < -0.39 is 0 Å². The van der Waals surface area contributed by atoms with Gasteiger partial charge < -0.3 is 14.4 Å². The van der Waals surface area contributed by atoms with Crippen molar-refractivity contribution in [3.05, 3.63) is 142 Å². The average molecular weight is 863 g/mol. The van der Waals surface area contributed by atoms with Crippen LogP contribution in [0.1, 0.15) is 59.0 Å². The van der Waals surface area contributed by atoms with E-state index in [1.807, 2.05) is 35.9 Å². The monoisotopic (exact) mass is 863 g/mol. The van der Waals surface area contributed by atoms with Gasteiger partial charge >= 0.3 is 0 Å². The Hall–Kier alpha value is -4.41. The molecule has 4 aromatic carbocycles. The Bertz CT molecular complexity index is 2510. The molecule has 0 saturated carbocycles. The number of nitrogens with zero attached hydrogens (tertiary/aromatic N) is 2. The zero-order valence-electron chi connectivity index (χ0n) is 30.7. The standard InChI is InChI=1S/C32H28NOS.C14H14N.Ir/c1-18-9-7-10-19(2)29(18)24-17-33-26(16-25(24)32(4,5)6)21-11-8-12-22-30-23-15-20(3)35-28(23)14-13-27(30)34-31(21)22;1-10-4-6-13(7-5-10)14-8-11(2)12(3)9-15-14;/h7-10,12-17H,1-6H3;4-6,8-9H,1-3H3;/q2*-1;. The van der Waals surface area contributed by atoms with Crippen molar-refractivity contribution in [1.82, 2.24) is 9.97 Å². The minimum Gasteiger partial charge on any atom is -0.501 e. The second-order valence-corrected chi connectivity index (χ2v) is 15.8. The number of fused-ring (bicyclic) bond motifs is 5. The molecule has 0 spiro atoms. The zero-order valence-corrected chi connectivity index (χ0v) is 33.9. The van der Waals surface area contributed by atoms with Gasteiger partial charge in [-0.2, -0.15) is 0 Å². The molecular weight excluding hydrogens is 821 g/mol. The van der Waals surface area contributed by atoms with Gasteiger partial charge in [0.15, 0.2) is 0 Å². The van der Waals surface area contributed by atoms with Crippen molar-refractivity contribution in [2.75, 3.05) is 0 Å².